The number of nitrogens with zero attached hydrogens (tertiary/aromatic N) is 1. The molecule has 0 radical (unpaired) electrons. The van der Waals surface area contributed by atoms with Crippen molar-refractivity contribution in [2.24, 2.45) is 17.6 Å². The second kappa shape index (κ2) is 8.73. The number of aromatic hydroxyl groups is 1. The van der Waals surface area contributed by atoms with Crippen LogP contribution in [0.4, 0.5) is 10.1 Å². The molecule has 34 heavy (non-hydrogen) atoms. The summed E-state index contributed by atoms with van der Waals surface area (Å²) in [5.74, 6) is -8.79. The number of ketones is 2. The largest absolute Gasteiger partial charge is 0.508 e. The van der Waals surface area contributed by atoms with E-state index in [2.05, 4.69) is 0 Å². The highest BCUT2D eigenvalue weighted by Gasteiger charge is 2.64. The Morgan fingerprint density at radius 1 is 1.21 bits per heavy atom. The Morgan fingerprint density at radius 2 is 1.79 bits per heavy atom. The molecule has 0 aliphatic heterocycles. The number of nitrogen functional groups attached to an aromatic ring is 1. The van der Waals surface area contributed by atoms with E-state index in [4.69, 9.17) is 11.5 Å². The van der Waals surface area contributed by atoms with Crippen LogP contribution >= 0.6 is 24.8 Å². The van der Waals surface area contributed by atoms with E-state index in [1.165, 1.54) is 19.0 Å². The molecule has 0 unspecified atom stereocenters. The van der Waals surface area contributed by atoms with Gasteiger partial charge in [0.15, 0.2) is 11.4 Å². The first-order valence-corrected chi connectivity index (χ1v) is 9.78. The van der Waals surface area contributed by atoms with E-state index in [-0.39, 0.29) is 60.0 Å². The van der Waals surface area contributed by atoms with E-state index < -0.39 is 69.6 Å². The molecule has 1 fully saturated rings. The van der Waals surface area contributed by atoms with Crippen molar-refractivity contribution >= 4 is 53.7 Å². The number of phenolic OH excluding ortho intramolecular Hbond substituents is 1. The zero-order valence-electron chi connectivity index (χ0n) is 18.0. The van der Waals surface area contributed by atoms with Gasteiger partial charge in [0.2, 0.25) is 5.78 Å². The van der Waals surface area contributed by atoms with Gasteiger partial charge >= 0.3 is 0 Å². The first-order chi connectivity index (χ1) is 14.8. The predicted octanol–water partition coefficient (Wildman–Crippen LogP) is 0.529. The highest BCUT2D eigenvalue weighted by atomic mass is 35.5. The van der Waals surface area contributed by atoms with Crippen molar-refractivity contribution in [1.82, 2.24) is 4.90 Å². The van der Waals surface area contributed by atoms with Crippen molar-refractivity contribution < 1.29 is 39.2 Å². The molecule has 4 rings (SSSR count). The molecule has 4 atom stereocenters. The first-order valence-electron chi connectivity index (χ1n) is 9.78. The summed E-state index contributed by atoms with van der Waals surface area (Å²) >= 11 is 0. The van der Waals surface area contributed by atoms with E-state index in [0.29, 0.717) is 0 Å². The van der Waals surface area contributed by atoms with Crippen LogP contribution in [0.1, 0.15) is 17.5 Å². The number of hydrogen-bond donors (Lipinski definition) is 6. The minimum atomic E-state index is -2.74. The number of benzene rings is 1. The lowest BCUT2D eigenvalue weighted by Crippen LogP contribution is -2.65. The van der Waals surface area contributed by atoms with Crippen LogP contribution in [-0.4, -0.2) is 68.5 Å². The Kier molecular flexibility index (Phi) is 7.03. The molecular weight excluding hydrogens is 496 g/mol. The fourth-order valence-electron chi connectivity index (χ4n) is 5.29. The summed E-state index contributed by atoms with van der Waals surface area (Å²) in [7, 11) is 2.99. The fourth-order valence-corrected chi connectivity index (χ4v) is 5.29. The topological polar surface area (TPSA) is 187 Å². The van der Waals surface area contributed by atoms with Crippen molar-refractivity contribution in [3.8, 4) is 5.75 Å². The van der Waals surface area contributed by atoms with Crippen LogP contribution in [0.5, 0.6) is 5.75 Å². The molecule has 8 N–H and O–H groups in total. The third kappa shape index (κ3) is 3.34. The number of amides is 1. The summed E-state index contributed by atoms with van der Waals surface area (Å²) in [6.07, 6.45) is -0.245. The highest BCUT2D eigenvalue weighted by molar-refractivity contribution is 6.24. The molecule has 13 heteroatoms. The van der Waals surface area contributed by atoms with Gasteiger partial charge in [-0.25, -0.2) is 4.39 Å². The van der Waals surface area contributed by atoms with Crippen LogP contribution in [-0.2, 0) is 20.8 Å². The number of nitrogens with two attached hydrogens (primary N) is 2. The van der Waals surface area contributed by atoms with Crippen LogP contribution < -0.4 is 11.5 Å². The monoisotopic (exact) mass is 519 g/mol. The van der Waals surface area contributed by atoms with Gasteiger partial charge in [-0.2, -0.15) is 0 Å². The molecule has 0 bridgehead atoms. The van der Waals surface area contributed by atoms with E-state index in [1.807, 2.05) is 0 Å². The van der Waals surface area contributed by atoms with Gasteiger partial charge in [-0.1, -0.05) is 0 Å². The second-order valence-electron chi connectivity index (χ2n) is 8.61. The number of fused-ring (bicyclic) bond motifs is 3. The van der Waals surface area contributed by atoms with E-state index >= 15 is 0 Å². The number of primary amides is 1. The van der Waals surface area contributed by atoms with E-state index in [9.17, 15) is 39.2 Å². The number of anilines is 1. The number of halogens is 3. The van der Waals surface area contributed by atoms with Gasteiger partial charge in [-0.05, 0) is 32.9 Å². The summed E-state index contributed by atoms with van der Waals surface area (Å²) in [5.41, 5.74) is 6.02. The Bertz CT molecular complexity index is 1180. The lowest BCUT2D eigenvalue weighted by atomic mass is 9.57. The van der Waals surface area contributed by atoms with Gasteiger partial charge in [0, 0.05) is 23.1 Å². The van der Waals surface area contributed by atoms with Crippen molar-refractivity contribution in [3.05, 3.63) is 39.9 Å². The number of aliphatic hydroxyl groups excluding tert-OH is 2. The van der Waals surface area contributed by atoms with Crippen molar-refractivity contribution in [2.45, 2.75) is 24.5 Å². The SMILES string of the molecule is CN(C)[C@@H]1C(=O)C(C(N)=O)=C(O)[C@@]2(O)C(=O)C3=C(O)c4c(O)c(N)cc(F)c4C[C@H]3C[C@@H]12.Cl.Cl. The van der Waals surface area contributed by atoms with Gasteiger partial charge in [0.05, 0.1) is 17.3 Å². The number of aliphatic hydroxyl groups is 3. The molecule has 0 heterocycles. The molecule has 1 aromatic rings. The Labute approximate surface area is 205 Å². The molecule has 3 aliphatic rings. The fraction of sp³-hybridized carbons (Fsp3) is 0.381. The Morgan fingerprint density at radius 3 is 2.32 bits per heavy atom. The quantitative estimate of drug-likeness (QED) is 0.184. The normalized spacial score (nSPS) is 28.0. The maximum atomic E-state index is 14.6. The van der Waals surface area contributed by atoms with Crippen molar-refractivity contribution in [1.29, 1.82) is 0 Å². The second-order valence-corrected chi connectivity index (χ2v) is 8.61. The lowest BCUT2D eigenvalue weighted by Gasteiger charge is -2.50. The number of likely N-dealkylation sites (N-methyl/N-ethyl adjacent to an activating group) is 1. The molecule has 186 valence electrons. The highest BCUT2D eigenvalue weighted by Crippen LogP contribution is 2.53. The molecule has 1 amide bonds. The van der Waals surface area contributed by atoms with Crippen LogP contribution in [0.25, 0.3) is 5.76 Å². The number of hydrogen-bond acceptors (Lipinski definition) is 9. The Balaban J connectivity index is 0.00000204. The van der Waals surface area contributed by atoms with Crippen LogP contribution in [0.15, 0.2) is 23.0 Å². The number of phenols is 1. The minimum absolute atomic E-state index is 0. The molecule has 0 aromatic heterocycles. The summed E-state index contributed by atoms with van der Waals surface area (Å²) in [6, 6.07) is -0.300. The van der Waals surface area contributed by atoms with Crippen LogP contribution in [0.2, 0.25) is 0 Å². The number of rotatable bonds is 2. The summed E-state index contributed by atoms with van der Waals surface area (Å²) in [5, 5.41) is 43.2. The van der Waals surface area contributed by atoms with Crippen molar-refractivity contribution in [2.75, 3.05) is 19.8 Å². The molecule has 10 nitrogen and oxygen atoms in total. The molecule has 0 saturated heterocycles. The van der Waals surface area contributed by atoms with Crippen LogP contribution in [0.3, 0.4) is 0 Å². The Hall–Kier alpha value is -2.86. The predicted molar refractivity (Wildman–Crippen MR) is 123 cm³/mol. The smallest absolute Gasteiger partial charge is 0.255 e. The van der Waals surface area contributed by atoms with Gasteiger partial charge in [-0.15, -0.1) is 24.8 Å². The van der Waals surface area contributed by atoms with Gasteiger partial charge in [-0.3, -0.25) is 19.3 Å². The molecule has 1 aromatic carbocycles. The first kappa shape index (κ1) is 27.4. The average molecular weight is 520 g/mol. The standard InChI is InChI=1S/C21H22FN3O7.2ClH/c1-25(2)14-8-4-6-3-7-9(22)5-10(23)15(26)12(7)16(27)11(6)18(29)21(8,32)19(30)13(17(14)28)20(24)31;;/h5-6,8,14,26-27,30,32H,3-4,23H2,1-2H3,(H2,24,31);2*1H/t6-,8-,14-,21-;;/m0../s1. The summed E-state index contributed by atoms with van der Waals surface area (Å²) < 4.78 is 14.6. The summed E-state index contributed by atoms with van der Waals surface area (Å²) in [4.78, 5) is 39.7. The zero-order valence-corrected chi connectivity index (χ0v) is 19.7. The molecular formula is C21H24Cl2FN3O7. The van der Waals surface area contributed by atoms with Gasteiger partial charge < -0.3 is 31.9 Å². The molecule has 3 aliphatic carbocycles. The van der Waals surface area contributed by atoms with Gasteiger partial charge in [0.1, 0.15) is 28.7 Å². The third-order valence-electron chi connectivity index (χ3n) is 6.70. The lowest BCUT2D eigenvalue weighted by molar-refractivity contribution is -0.153. The number of Topliss-reactive ketones (excluding diaryl/α,β-unsaturated/α-hetero) is 2. The number of carbonyl (C=O) groups excluding carboxylic acids is 3. The maximum Gasteiger partial charge on any atom is 0.255 e. The van der Waals surface area contributed by atoms with E-state index in [1.54, 1.807) is 0 Å². The van der Waals surface area contributed by atoms with Crippen molar-refractivity contribution in [3.63, 3.8) is 0 Å². The molecule has 1 saturated carbocycles. The average Bonchev–Trinajstić information content (AvgIpc) is 2.68. The summed E-state index contributed by atoms with van der Waals surface area (Å²) in [6.45, 7) is 0. The third-order valence-corrected chi connectivity index (χ3v) is 6.70. The van der Waals surface area contributed by atoms with Crippen LogP contribution in [0, 0.1) is 17.7 Å². The van der Waals surface area contributed by atoms with E-state index in [0.717, 1.165) is 6.07 Å². The molecule has 0 spiro atoms. The minimum Gasteiger partial charge on any atom is -0.508 e. The number of carbonyl (C=O) groups is 3. The maximum absolute atomic E-state index is 14.6. The zero-order chi connectivity index (χ0) is 23.9. The van der Waals surface area contributed by atoms with Gasteiger partial charge in [0.25, 0.3) is 5.91 Å².